The fourth-order valence-corrected chi connectivity index (χ4v) is 8.19. The van der Waals surface area contributed by atoms with E-state index < -0.39 is 50.3 Å². The van der Waals surface area contributed by atoms with Gasteiger partial charge in [0.15, 0.2) is 17.4 Å². The fraction of sp³-hybridized carbons (Fsp3) is 0.636. The van der Waals surface area contributed by atoms with Crippen LogP contribution in [-0.4, -0.2) is 43.0 Å². The zero-order chi connectivity index (χ0) is 22.1. The number of aliphatic hydroxyl groups is 1. The second kappa shape index (κ2) is 6.60. The van der Waals surface area contributed by atoms with Gasteiger partial charge in [0.05, 0.1) is 11.0 Å². The van der Waals surface area contributed by atoms with E-state index in [-0.39, 0.29) is 23.0 Å². The van der Waals surface area contributed by atoms with E-state index in [0.29, 0.717) is 24.8 Å². The molecule has 1 unspecified atom stereocenters. The highest BCUT2D eigenvalue weighted by molar-refractivity contribution is 7.95. The van der Waals surface area contributed by atoms with Gasteiger partial charge in [-0.25, -0.2) is 12.8 Å². The molecule has 6 nitrogen and oxygen atoms in total. The van der Waals surface area contributed by atoms with Crippen LogP contribution in [0.5, 0.6) is 0 Å². The van der Waals surface area contributed by atoms with Crippen molar-refractivity contribution in [2.24, 2.45) is 22.7 Å². The highest BCUT2D eigenvalue weighted by atomic mass is 32.2. The molecule has 0 heterocycles. The first kappa shape index (κ1) is 21.4. The number of carbonyl (C=O) groups excluding carboxylic acids is 2. The summed E-state index contributed by atoms with van der Waals surface area (Å²) in [7, 11) is -3.90. The van der Waals surface area contributed by atoms with E-state index in [9.17, 15) is 23.1 Å². The van der Waals surface area contributed by atoms with Crippen molar-refractivity contribution in [1.82, 2.24) is 0 Å². The van der Waals surface area contributed by atoms with E-state index >= 15 is 4.39 Å². The quantitative estimate of drug-likeness (QED) is 0.681. The van der Waals surface area contributed by atoms with Crippen molar-refractivity contribution in [1.29, 1.82) is 0 Å². The highest BCUT2D eigenvalue weighted by Crippen LogP contribution is 2.68. The van der Waals surface area contributed by atoms with Gasteiger partial charge < -0.3 is 9.84 Å². The Morgan fingerprint density at radius 2 is 2.03 bits per heavy atom. The number of rotatable bonds is 3. The molecular weight excluding hydrogens is 411 g/mol. The number of ether oxygens (including phenoxy) is 1. The van der Waals surface area contributed by atoms with Crippen LogP contribution >= 0.6 is 0 Å². The average molecular weight is 439 g/mol. The zero-order valence-electron chi connectivity index (χ0n) is 17.4. The molecule has 6 atom stereocenters. The molecule has 8 heteroatoms. The lowest BCUT2D eigenvalue weighted by molar-refractivity contribution is -0.184. The first-order valence-corrected chi connectivity index (χ1v) is 11.9. The lowest BCUT2D eigenvalue weighted by atomic mass is 9.46. The smallest absolute Gasteiger partial charge is 0.303 e. The Bertz CT molecular complexity index is 1010. The normalized spacial score (nSPS) is 42.6. The average Bonchev–Trinajstić information content (AvgIpc) is 2.99. The molecule has 4 rings (SSSR count). The topological polar surface area (TPSA) is 97.7 Å². The van der Waals surface area contributed by atoms with E-state index in [1.165, 1.54) is 12.2 Å². The summed E-state index contributed by atoms with van der Waals surface area (Å²) in [6, 6.07) is 0. The third-order valence-electron chi connectivity index (χ3n) is 7.90. The molecule has 0 aliphatic heterocycles. The van der Waals surface area contributed by atoms with Gasteiger partial charge in [-0.2, -0.15) is 0 Å². The number of halogens is 1. The fourth-order valence-electron chi connectivity index (χ4n) is 6.45. The van der Waals surface area contributed by atoms with Crippen molar-refractivity contribution in [2.75, 3.05) is 5.94 Å². The van der Waals surface area contributed by atoms with Crippen molar-refractivity contribution < 1.29 is 32.2 Å². The van der Waals surface area contributed by atoms with Gasteiger partial charge in [0.1, 0.15) is 0 Å². The Morgan fingerprint density at radius 3 is 2.70 bits per heavy atom. The summed E-state index contributed by atoms with van der Waals surface area (Å²) in [6.07, 6.45) is 5.89. The second-order valence-electron chi connectivity index (χ2n) is 9.44. The van der Waals surface area contributed by atoms with Gasteiger partial charge in [-0.3, -0.25) is 9.59 Å². The molecule has 0 aromatic carbocycles. The molecule has 0 spiro atoms. The first-order chi connectivity index (χ1) is 13.9. The van der Waals surface area contributed by atoms with Crippen LogP contribution < -0.4 is 0 Å². The van der Waals surface area contributed by atoms with Gasteiger partial charge >= 0.3 is 5.97 Å². The minimum atomic E-state index is -3.90. The number of hydrogen-bond acceptors (Lipinski definition) is 6. The molecule has 0 aromatic rings. The van der Waals surface area contributed by atoms with E-state index in [1.807, 2.05) is 0 Å². The zero-order valence-corrected chi connectivity index (χ0v) is 18.2. The van der Waals surface area contributed by atoms with Crippen molar-refractivity contribution >= 4 is 21.6 Å². The molecule has 2 saturated carbocycles. The Kier molecular flexibility index (Phi) is 4.71. The number of carbonyl (C=O) groups is 2. The van der Waals surface area contributed by atoms with Gasteiger partial charge in [0.2, 0.25) is 9.84 Å². The van der Waals surface area contributed by atoms with Crippen molar-refractivity contribution in [2.45, 2.75) is 58.2 Å². The monoisotopic (exact) mass is 438 g/mol. The van der Waals surface area contributed by atoms with Crippen LogP contribution in [0.1, 0.15) is 46.5 Å². The third kappa shape index (κ3) is 2.72. The Morgan fingerprint density at radius 1 is 1.33 bits per heavy atom. The number of esters is 1. The number of ketones is 1. The van der Waals surface area contributed by atoms with Gasteiger partial charge in [-0.1, -0.05) is 24.6 Å². The third-order valence-corrected chi connectivity index (χ3v) is 9.63. The summed E-state index contributed by atoms with van der Waals surface area (Å²) in [6.45, 7) is 4.63. The van der Waals surface area contributed by atoms with E-state index in [2.05, 4.69) is 0 Å². The van der Waals surface area contributed by atoms with Crippen LogP contribution in [0, 0.1) is 22.7 Å². The van der Waals surface area contributed by atoms with Crippen LogP contribution in [0.2, 0.25) is 0 Å². The van der Waals surface area contributed by atoms with Crippen LogP contribution in [0.25, 0.3) is 0 Å². The molecule has 1 N–H and O–H groups in total. The molecule has 0 aromatic heterocycles. The molecule has 30 heavy (non-hydrogen) atoms. The Balaban J connectivity index is 1.72. The van der Waals surface area contributed by atoms with Crippen LogP contribution in [0.3, 0.4) is 0 Å². The minimum absolute atomic E-state index is 0.0551. The summed E-state index contributed by atoms with van der Waals surface area (Å²) in [5.74, 6) is -2.50. The number of sulfone groups is 1. The van der Waals surface area contributed by atoms with Gasteiger partial charge in [-0.05, 0) is 50.7 Å². The number of allylic oxidation sites excluding steroid dienone is 6. The van der Waals surface area contributed by atoms with Crippen LogP contribution in [-0.2, 0) is 24.2 Å². The number of hydrogen-bond donors (Lipinski definition) is 1. The largest absolute Gasteiger partial charge is 0.449 e. The summed E-state index contributed by atoms with van der Waals surface area (Å²) >= 11 is 0. The predicted octanol–water partition coefficient (Wildman–Crippen LogP) is 2.79. The van der Waals surface area contributed by atoms with Gasteiger partial charge in [-0.15, -0.1) is 0 Å². The maximum atomic E-state index is 16.8. The maximum Gasteiger partial charge on any atom is 0.303 e. The lowest BCUT2D eigenvalue weighted by Crippen LogP contribution is -2.66. The minimum Gasteiger partial charge on any atom is -0.449 e. The van der Waals surface area contributed by atoms with Crippen LogP contribution in [0.4, 0.5) is 4.39 Å². The van der Waals surface area contributed by atoms with Crippen molar-refractivity contribution in [3.8, 4) is 0 Å². The van der Waals surface area contributed by atoms with E-state index in [1.54, 1.807) is 26.0 Å². The predicted molar refractivity (Wildman–Crippen MR) is 107 cm³/mol. The van der Waals surface area contributed by atoms with E-state index in [0.717, 1.165) is 6.92 Å². The lowest BCUT2D eigenvalue weighted by Gasteiger charge is -2.61. The summed E-state index contributed by atoms with van der Waals surface area (Å²) in [5, 5.41) is 11.1. The van der Waals surface area contributed by atoms with Crippen molar-refractivity contribution in [3.05, 3.63) is 34.8 Å². The summed E-state index contributed by atoms with van der Waals surface area (Å²) in [4.78, 5) is 23.1. The first-order valence-electron chi connectivity index (χ1n) is 10.2. The van der Waals surface area contributed by atoms with Gasteiger partial charge in [0.25, 0.3) is 0 Å². The van der Waals surface area contributed by atoms with Gasteiger partial charge in [0, 0.05) is 23.7 Å². The molecule has 0 amide bonds. The molecule has 4 aliphatic carbocycles. The number of alkyl halides is 1. The molecule has 0 saturated heterocycles. The van der Waals surface area contributed by atoms with Crippen molar-refractivity contribution in [3.63, 3.8) is 0 Å². The summed E-state index contributed by atoms with van der Waals surface area (Å²) < 4.78 is 47.4. The maximum absolute atomic E-state index is 16.8. The van der Waals surface area contributed by atoms with E-state index in [4.69, 9.17) is 4.74 Å². The molecule has 4 aliphatic rings. The number of fused-ring (bicyclic) bond motifs is 5. The Labute approximate surface area is 175 Å². The highest BCUT2D eigenvalue weighted by Gasteiger charge is 2.70. The van der Waals surface area contributed by atoms with Crippen LogP contribution in [0.15, 0.2) is 34.8 Å². The summed E-state index contributed by atoms with van der Waals surface area (Å²) in [5.41, 5.74) is -3.36. The molecular formula is C22H27FO6S. The molecule has 164 valence electrons. The molecule has 0 radical (unpaired) electrons. The number of aliphatic hydroxyl groups excluding tert-OH is 1. The SMILES string of the molecule is CC(=O)OCS(=O)(=O)C1=CC[C@H]2[C@@H]3CCC4=CC(=O)C=C[C@]4(C)C3(F)[C@@H](O)C[C@]12C. The Hall–Kier alpha value is -1.80. The standard InChI is InChI=1S/C22H27FO6S/c1-13(24)29-12-30(27,28)19-7-6-16-17-5-4-14-10-15(25)8-9-21(14,3)22(17,23)18(26)11-20(16,19)2/h7-10,16-18,26H,4-6,11-12H2,1-3H3/t16-,17-,18-,20-,21-,22?/m0/s1. The molecule has 0 bridgehead atoms. The molecule has 2 fully saturated rings. The second-order valence-corrected chi connectivity index (χ2v) is 11.3.